The number of ether oxygens (including phenoxy) is 2. The van der Waals surface area contributed by atoms with Crippen molar-refractivity contribution in [3.8, 4) is 17.6 Å². The molecule has 0 aliphatic heterocycles. The summed E-state index contributed by atoms with van der Waals surface area (Å²) in [6.07, 6.45) is 0. The summed E-state index contributed by atoms with van der Waals surface area (Å²) in [4.78, 5) is 4.24. The molecule has 0 saturated carbocycles. The second kappa shape index (κ2) is 4.60. The van der Waals surface area contributed by atoms with Gasteiger partial charge in [0, 0.05) is 5.39 Å². The maximum Gasteiger partial charge on any atom is 0.159 e. The molecule has 4 nitrogen and oxygen atoms in total. The van der Waals surface area contributed by atoms with Gasteiger partial charge in [-0.05, 0) is 34.1 Å². The third kappa shape index (κ3) is 1.92. The lowest BCUT2D eigenvalue weighted by atomic mass is 10.1. The van der Waals surface area contributed by atoms with Crippen LogP contribution in [0, 0.1) is 11.3 Å². The largest absolute Gasteiger partial charge is 0.496 e. The van der Waals surface area contributed by atoms with E-state index in [9.17, 15) is 0 Å². The van der Waals surface area contributed by atoms with Crippen LogP contribution >= 0.6 is 15.9 Å². The zero-order chi connectivity index (χ0) is 12.4. The van der Waals surface area contributed by atoms with Crippen LogP contribution in [0.5, 0.6) is 11.5 Å². The number of methoxy groups -OCH3 is 2. The molecule has 0 radical (unpaired) electrons. The minimum atomic E-state index is 0.343. The quantitative estimate of drug-likeness (QED) is 0.854. The van der Waals surface area contributed by atoms with Crippen molar-refractivity contribution in [1.82, 2.24) is 4.98 Å². The Kier molecular flexibility index (Phi) is 3.16. The fourth-order valence-corrected chi connectivity index (χ4v) is 2.19. The van der Waals surface area contributed by atoms with E-state index in [-0.39, 0.29) is 0 Å². The number of aromatic nitrogens is 1. The molecule has 0 aliphatic rings. The molecular formula is C12H9BrN2O2. The smallest absolute Gasteiger partial charge is 0.159 e. The Labute approximate surface area is 107 Å². The van der Waals surface area contributed by atoms with E-state index in [0.717, 1.165) is 9.86 Å². The minimum absolute atomic E-state index is 0.343. The highest BCUT2D eigenvalue weighted by molar-refractivity contribution is 9.10. The van der Waals surface area contributed by atoms with Crippen molar-refractivity contribution in [3.05, 3.63) is 28.4 Å². The van der Waals surface area contributed by atoms with Crippen molar-refractivity contribution >= 4 is 26.8 Å². The van der Waals surface area contributed by atoms with Crippen molar-refractivity contribution in [2.75, 3.05) is 14.2 Å². The number of benzene rings is 1. The van der Waals surface area contributed by atoms with Crippen LogP contribution in [-0.4, -0.2) is 19.2 Å². The summed E-state index contributed by atoms with van der Waals surface area (Å²) < 4.78 is 11.3. The van der Waals surface area contributed by atoms with E-state index in [2.05, 4.69) is 20.9 Å². The molecule has 0 unspecified atom stereocenters. The first kappa shape index (κ1) is 11.7. The van der Waals surface area contributed by atoms with E-state index in [4.69, 9.17) is 14.7 Å². The SMILES string of the molecule is COc1cc(Br)c(OC)c2nc(C#N)ccc12. The van der Waals surface area contributed by atoms with Gasteiger partial charge >= 0.3 is 0 Å². The predicted molar refractivity (Wildman–Crippen MR) is 67.3 cm³/mol. The number of nitrogens with zero attached hydrogens (tertiary/aromatic N) is 2. The molecule has 0 atom stereocenters. The average molecular weight is 293 g/mol. The fourth-order valence-electron chi connectivity index (χ4n) is 1.63. The third-order valence-corrected chi connectivity index (χ3v) is 2.98. The third-order valence-electron chi connectivity index (χ3n) is 2.39. The van der Waals surface area contributed by atoms with Crippen LogP contribution in [0.15, 0.2) is 22.7 Å². The monoisotopic (exact) mass is 292 g/mol. The van der Waals surface area contributed by atoms with Gasteiger partial charge in [0.05, 0.1) is 18.7 Å². The van der Waals surface area contributed by atoms with Crippen LogP contribution in [0.2, 0.25) is 0 Å². The fraction of sp³-hybridized carbons (Fsp3) is 0.167. The highest BCUT2D eigenvalue weighted by Crippen LogP contribution is 2.38. The topological polar surface area (TPSA) is 55.1 Å². The summed E-state index contributed by atoms with van der Waals surface area (Å²) in [7, 11) is 3.15. The lowest BCUT2D eigenvalue weighted by Crippen LogP contribution is -1.94. The van der Waals surface area contributed by atoms with Crippen molar-refractivity contribution in [2.24, 2.45) is 0 Å². The summed E-state index contributed by atoms with van der Waals surface area (Å²) in [6, 6.07) is 7.27. The zero-order valence-electron chi connectivity index (χ0n) is 9.32. The molecule has 1 heterocycles. The molecule has 2 rings (SSSR count). The number of nitriles is 1. The summed E-state index contributed by atoms with van der Waals surface area (Å²) in [5.74, 6) is 1.28. The molecule has 0 amide bonds. The van der Waals surface area contributed by atoms with E-state index in [1.807, 2.05) is 12.1 Å². The van der Waals surface area contributed by atoms with Gasteiger partial charge in [-0.25, -0.2) is 4.98 Å². The van der Waals surface area contributed by atoms with E-state index in [1.165, 1.54) is 0 Å². The van der Waals surface area contributed by atoms with E-state index >= 15 is 0 Å². The second-order valence-electron chi connectivity index (χ2n) is 3.30. The molecule has 0 fully saturated rings. The summed E-state index contributed by atoms with van der Waals surface area (Å²) in [6.45, 7) is 0. The second-order valence-corrected chi connectivity index (χ2v) is 4.15. The normalized spacial score (nSPS) is 10.0. The molecule has 5 heteroatoms. The molecule has 0 N–H and O–H groups in total. The Morgan fingerprint density at radius 3 is 2.65 bits per heavy atom. The standard InChI is InChI=1S/C12H9BrN2O2/c1-16-10-5-9(13)12(17-2)11-8(10)4-3-7(6-14)15-11/h3-5H,1-2H3. The first-order valence-electron chi connectivity index (χ1n) is 4.82. The summed E-state index contributed by atoms with van der Waals surface area (Å²) >= 11 is 3.39. The molecule has 0 aliphatic carbocycles. The number of hydrogen-bond donors (Lipinski definition) is 0. The summed E-state index contributed by atoms with van der Waals surface area (Å²) in [5, 5.41) is 9.67. The highest BCUT2D eigenvalue weighted by Gasteiger charge is 2.13. The van der Waals surface area contributed by atoms with Crippen LogP contribution in [-0.2, 0) is 0 Å². The van der Waals surface area contributed by atoms with Crippen LogP contribution in [0.3, 0.4) is 0 Å². The highest BCUT2D eigenvalue weighted by atomic mass is 79.9. The number of rotatable bonds is 2. The number of fused-ring (bicyclic) bond motifs is 1. The molecule has 1 aromatic carbocycles. The van der Waals surface area contributed by atoms with Crippen molar-refractivity contribution in [3.63, 3.8) is 0 Å². The van der Waals surface area contributed by atoms with Gasteiger partial charge in [-0.1, -0.05) is 0 Å². The molecule has 17 heavy (non-hydrogen) atoms. The lowest BCUT2D eigenvalue weighted by Gasteiger charge is -2.11. The van der Waals surface area contributed by atoms with Crippen molar-refractivity contribution in [1.29, 1.82) is 5.26 Å². The van der Waals surface area contributed by atoms with Gasteiger partial charge in [0.15, 0.2) is 5.75 Å². The first-order chi connectivity index (χ1) is 8.21. The maximum absolute atomic E-state index is 8.86. The van der Waals surface area contributed by atoms with Crippen LogP contribution in [0.4, 0.5) is 0 Å². The maximum atomic E-state index is 8.86. The van der Waals surface area contributed by atoms with Crippen LogP contribution in [0.1, 0.15) is 5.69 Å². The number of pyridine rings is 1. The molecule has 2 aromatic rings. The average Bonchev–Trinajstić information content (AvgIpc) is 2.37. The Morgan fingerprint density at radius 2 is 2.06 bits per heavy atom. The number of halogens is 1. The Bertz CT molecular complexity index is 620. The van der Waals surface area contributed by atoms with Gasteiger partial charge in [0.25, 0.3) is 0 Å². The number of hydrogen-bond acceptors (Lipinski definition) is 4. The molecule has 0 bridgehead atoms. The predicted octanol–water partition coefficient (Wildman–Crippen LogP) is 2.89. The molecule has 1 aromatic heterocycles. The van der Waals surface area contributed by atoms with Gasteiger partial charge < -0.3 is 9.47 Å². The van der Waals surface area contributed by atoms with Gasteiger partial charge in [-0.3, -0.25) is 0 Å². The summed E-state index contributed by atoms with van der Waals surface area (Å²) in [5.41, 5.74) is 0.953. The Balaban J connectivity index is 2.88. The zero-order valence-corrected chi connectivity index (χ0v) is 10.9. The van der Waals surface area contributed by atoms with E-state index in [1.54, 1.807) is 26.4 Å². The van der Waals surface area contributed by atoms with Gasteiger partial charge in [0.1, 0.15) is 23.0 Å². The molecule has 86 valence electrons. The first-order valence-corrected chi connectivity index (χ1v) is 5.62. The molecule has 0 saturated heterocycles. The lowest BCUT2D eigenvalue weighted by molar-refractivity contribution is 0.407. The minimum Gasteiger partial charge on any atom is -0.496 e. The van der Waals surface area contributed by atoms with Gasteiger partial charge in [0.2, 0.25) is 0 Å². The van der Waals surface area contributed by atoms with Crippen LogP contribution in [0.25, 0.3) is 10.9 Å². The van der Waals surface area contributed by atoms with Gasteiger partial charge in [-0.15, -0.1) is 0 Å². The Morgan fingerprint density at radius 1 is 1.29 bits per heavy atom. The van der Waals surface area contributed by atoms with E-state index in [0.29, 0.717) is 22.7 Å². The van der Waals surface area contributed by atoms with Gasteiger partial charge in [-0.2, -0.15) is 5.26 Å². The van der Waals surface area contributed by atoms with Crippen LogP contribution < -0.4 is 9.47 Å². The van der Waals surface area contributed by atoms with E-state index < -0.39 is 0 Å². The Hall–Kier alpha value is -1.80. The van der Waals surface area contributed by atoms with Crippen molar-refractivity contribution in [2.45, 2.75) is 0 Å². The molecular weight excluding hydrogens is 284 g/mol. The van der Waals surface area contributed by atoms with Crippen molar-refractivity contribution < 1.29 is 9.47 Å². The molecule has 0 spiro atoms.